The molecule has 0 bridgehead atoms. The van der Waals surface area contributed by atoms with Crippen LogP contribution in [0.2, 0.25) is 0 Å². The third-order valence-corrected chi connectivity index (χ3v) is 5.62. The van der Waals surface area contributed by atoms with E-state index in [0.717, 1.165) is 0 Å². The van der Waals surface area contributed by atoms with Gasteiger partial charge in [-0.15, -0.1) is 0 Å². The smallest absolute Gasteiger partial charge is 0.226 e. The van der Waals surface area contributed by atoms with Crippen molar-refractivity contribution in [1.82, 2.24) is 4.57 Å². The van der Waals surface area contributed by atoms with E-state index in [1.165, 1.54) is 64.8 Å². The van der Waals surface area contributed by atoms with E-state index < -0.39 is 0 Å². The minimum atomic E-state index is 0.631. The van der Waals surface area contributed by atoms with Crippen LogP contribution < -0.4 is 4.57 Å². The topological polar surface area (TPSA) is 8.81 Å². The van der Waals surface area contributed by atoms with Gasteiger partial charge in [-0.3, -0.25) is 0 Å². The molecule has 0 aliphatic heterocycles. The first-order valence-corrected chi connectivity index (χ1v) is 9.14. The summed E-state index contributed by atoms with van der Waals surface area (Å²) in [4.78, 5) is 0. The molecule has 0 N–H and O–H groups in total. The molecule has 2 heteroatoms. The molecule has 0 atom stereocenters. The summed E-state index contributed by atoms with van der Waals surface area (Å²) in [5, 5.41) is 0. The summed E-state index contributed by atoms with van der Waals surface area (Å²) >= 11 is 0. The van der Waals surface area contributed by atoms with Gasteiger partial charge in [0.2, 0.25) is 0 Å². The van der Waals surface area contributed by atoms with Crippen molar-refractivity contribution in [2.75, 3.05) is 0 Å². The predicted molar refractivity (Wildman–Crippen MR) is 100 cm³/mol. The average molecular weight is 319 g/mol. The Morgan fingerprint density at radius 3 is 2.33 bits per heavy atom. The quantitative estimate of drug-likeness (QED) is 0.576. The number of imidazole rings is 1. The van der Waals surface area contributed by atoms with Gasteiger partial charge >= 0.3 is 0 Å². The molecule has 1 fully saturated rings. The molecule has 3 aromatic rings. The van der Waals surface area contributed by atoms with E-state index in [9.17, 15) is 0 Å². The standard InChI is InChI=1S/C22H27N2/c1-15-9-11-17(3)19(13-15)22-23(4)21-14-16(2)10-12-20(21)24(22)18-7-5-6-8-18/h9-14,18H,5-8H2,1-4H3/q+1. The zero-order valence-corrected chi connectivity index (χ0v) is 15.3. The van der Waals surface area contributed by atoms with Gasteiger partial charge in [-0.2, -0.15) is 0 Å². The summed E-state index contributed by atoms with van der Waals surface area (Å²) < 4.78 is 5.03. The molecule has 1 aliphatic carbocycles. The van der Waals surface area contributed by atoms with Gasteiger partial charge in [0.1, 0.15) is 6.04 Å². The third-order valence-electron chi connectivity index (χ3n) is 5.62. The Morgan fingerprint density at radius 2 is 1.58 bits per heavy atom. The summed E-state index contributed by atoms with van der Waals surface area (Å²) in [7, 11) is 2.23. The van der Waals surface area contributed by atoms with E-state index in [-0.39, 0.29) is 0 Å². The number of hydrogen-bond donors (Lipinski definition) is 0. The lowest BCUT2D eigenvalue weighted by Gasteiger charge is -2.12. The van der Waals surface area contributed by atoms with Crippen LogP contribution in [0.15, 0.2) is 36.4 Å². The van der Waals surface area contributed by atoms with Crippen LogP contribution in [0.1, 0.15) is 48.4 Å². The predicted octanol–water partition coefficient (Wildman–Crippen LogP) is 5.17. The monoisotopic (exact) mass is 319 g/mol. The summed E-state index contributed by atoms with van der Waals surface area (Å²) in [6, 6.07) is 14.3. The van der Waals surface area contributed by atoms with Crippen LogP contribution in [0, 0.1) is 20.8 Å². The van der Waals surface area contributed by atoms with Crippen molar-refractivity contribution in [3.63, 3.8) is 0 Å². The fourth-order valence-electron chi connectivity index (χ4n) is 4.31. The van der Waals surface area contributed by atoms with Gasteiger partial charge in [0.05, 0.1) is 12.6 Å². The molecule has 1 heterocycles. The molecule has 1 aliphatic rings. The molecule has 0 radical (unpaired) electrons. The van der Waals surface area contributed by atoms with Crippen LogP contribution in [-0.4, -0.2) is 4.57 Å². The van der Waals surface area contributed by atoms with Crippen LogP contribution in [0.3, 0.4) is 0 Å². The van der Waals surface area contributed by atoms with Crippen molar-refractivity contribution in [3.05, 3.63) is 53.1 Å². The van der Waals surface area contributed by atoms with E-state index in [1.807, 2.05) is 0 Å². The minimum Gasteiger partial charge on any atom is -0.226 e. The number of benzene rings is 2. The molecule has 4 rings (SSSR count). The van der Waals surface area contributed by atoms with Crippen LogP contribution in [-0.2, 0) is 7.05 Å². The highest BCUT2D eigenvalue weighted by Gasteiger charge is 2.32. The fraction of sp³-hybridized carbons (Fsp3) is 0.409. The highest BCUT2D eigenvalue weighted by Crippen LogP contribution is 2.33. The molecule has 2 aromatic carbocycles. The third kappa shape index (κ3) is 2.36. The van der Waals surface area contributed by atoms with Gasteiger partial charge < -0.3 is 0 Å². The molecular weight excluding hydrogens is 292 g/mol. The number of hydrogen-bond acceptors (Lipinski definition) is 0. The Morgan fingerprint density at radius 1 is 0.917 bits per heavy atom. The molecule has 1 saturated carbocycles. The van der Waals surface area contributed by atoms with Crippen LogP contribution in [0.4, 0.5) is 0 Å². The fourth-order valence-corrected chi connectivity index (χ4v) is 4.31. The maximum atomic E-state index is 2.63. The second kappa shape index (κ2) is 5.77. The van der Waals surface area contributed by atoms with Gasteiger partial charge in [-0.05, 0) is 75.8 Å². The van der Waals surface area contributed by atoms with Crippen molar-refractivity contribution in [2.24, 2.45) is 7.05 Å². The number of aryl methyl sites for hydroxylation is 4. The minimum absolute atomic E-state index is 0.631. The lowest BCUT2D eigenvalue weighted by Crippen LogP contribution is -2.40. The molecule has 124 valence electrons. The Balaban J connectivity index is 2.08. The zero-order valence-electron chi connectivity index (χ0n) is 15.3. The molecular formula is C22H27N2+. The Bertz CT molecular complexity index is 911. The van der Waals surface area contributed by atoms with Crippen molar-refractivity contribution in [3.8, 4) is 11.4 Å². The molecule has 0 spiro atoms. The lowest BCUT2D eigenvalue weighted by molar-refractivity contribution is -0.687. The summed E-state index contributed by atoms with van der Waals surface area (Å²) in [5.74, 6) is 1.36. The van der Waals surface area contributed by atoms with Crippen LogP contribution in [0.25, 0.3) is 22.4 Å². The van der Waals surface area contributed by atoms with Crippen molar-refractivity contribution >= 4 is 11.0 Å². The Labute approximate surface area is 144 Å². The summed E-state index contributed by atoms with van der Waals surface area (Å²) in [6.45, 7) is 6.61. The lowest BCUT2D eigenvalue weighted by atomic mass is 10.0. The second-order valence-electron chi connectivity index (χ2n) is 7.50. The van der Waals surface area contributed by atoms with Crippen LogP contribution in [0.5, 0.6) is 0 Å². The average Bonchev–Trinajstić information content (AvgIpc) is 3.17. The number of aromatic nitrogens is 2. The summed E-state index contributed by atoms with van der Waals surface area (Å²) in [5.41, 5.74) is 8.11. The Kier molecular flexibility index (Phi) is 3.71. The highest BCUT2D eigenvalue weighted by atomic mass is 15.2. The molecule has 0 amide bonds. The highest BCUT2D eigenvalue weighted by molar-refractivity contribution is 5.77. The molecule has 1 aromatic heterocycles. The van der Waals surface area contributed by atoms with E-state index in [1.54, 1.807) is 0 Å². The second-order valence-corrected chi connectivity index (χ2v) is 7.50. The van der Waals surface area contributed by atoms with Gasteiger partial charge in [-0.1, -0.05) is 23.8 Å². The normalized spacial score (nSPS) is 15.5. The van der Waals surface area contributed by atoms with E-state index in [0.29, 0.717) is 6.04 Å². The molecule has 2 nitrogen and oxygen atoms in total. The van der Waals surface area contributed by atoms with E-state index in [4.69, 9.17) is 0 Å². The SMILES string of the molecule is Cc1ccc(C)c(-c2n(C)c3cc(C)ccc3[n+]2C2CCCC2)c1. The van der Waals surface area contributed by atoms with Gasteiger partial charge in [0.25, 0.3) is 5.82 Å². The zero-order chi connectivity index (χ0) is 16.8. The number of nitrogens with zero attached hydrogens (tertiary/aromatic N) is 2. The Hall–Kier alpha value is -2.09. The molecule has 24 heavy (non-hydrogen) atoms. The van der Waals surface area contributed by atoms with E-state index in [2.05, 4.69) is 73.4 Å². The van der Waals surface area contributed by atoms with Crippen molar-refractivity contribution < 1.29 is 4.57 Å². The number of fused-ring (bicyclic) bond motifs is 1. The maximum Gasteiger partial charge on any atom is 0.290 e. The first-order valence-electron chi connectivity index (χ1n) is 9.14. The first kappa shape index (κ1) is 15.4. The van der Waals surface area contributed by atoms with Gasteiger partial charge in [-0.25, -0.2) is 9.13 Å². The van der Waals surface area contributed by atoms with Crippen molar-refractivity contribution in [2.45, 2.75) is 52.5 Å². The van der Waals surface area contributed by atoms with Crippen molar-refractivity contribution in [1.29, 1.82) is 0 Å². The molecule has 0 saturated heterocycles. The number of rotatable bonds is 2. The largest absolute Gasteiger partial charge is 0.290 e. The van der Waals surface area contributed by atoms with Gasteiger partial charge in [0.15, 0.2) is 11.0 Å². The first-order chi connectivity index (χ1) is 11.6. The van der Waals surface area contributed by atoms with Crippen LogP contribution >= 0.6 is 0 Å². The molecule has 0 unspecified atom stereocenters. The summed E-state index contributed by atoms with van der Waals surface area (Å²) in [6.07, 6.45) is 5.31. The van der Waals surface area contributed by atoms with Gasteiger partial charge in [0, 0.05) is 0 Å². The van der Waals surface area contributed by atoms with E-state index >= 15 is 0 Å². The maximum absolute atomic E-state index is 2.63.